The van der Waals surface area contributed by atoms with E-state index in [-0.39, 0.29) is 0 Å². The first-order valence-corrected chi connectivity index (χ1v) is 15.4. The van der Waals surface area contributed by atoms with Crippen LogP contribution in [0, 0.1) is 0 Å². The Morgan fingerprint density at radius 3 is 2.36 bits per heavy atom. The molecule has 0 unspecified atom stereocenters. The third-order valence-corrected chi connectivity index (χ3v) is 4.64. The van der Waals surface area contributed by atoms with Crippen LogP contribution in [0.4, 0.5) is 0 Å². The fourth-order valence-corrected chi connectivity index (χ4v) is 3.39. The zero-order chi connectivity index (χ0) is 18.1. The van der Waals surface area contributed by atoms with Crippen LogP contribution in [0.25, 0.3) is 17.2 Å². The summed E-state index contributed by atoms with van der Waals surface area (Å²) in [6, 6.07) is 15.9. The summed E-state index contributed by atoms with van der Waals surface area (Å²) in [5.74, 6) is 0. The van der Waals surface area contributed by atoms with Crippen molar-refractivity contribution >= 4 is 23.1 Å². The van der Waals surface area contributed by atoms with E-state index in [1.54, 1.807) is 0 Å². The molecule has 132 valence electrons. The Bertz CT molecular complexity index is 690. The molecule has 0 fully saturated rings. The molecule has 2 aromatic rings. The zero-order valence-electron chi connectivity index (χ0n) is 15.1. The van der Waals surface area contributed by atoms with Crippen molar-refractivity contribution in [2.75, 3.05) is 0 Å². The predicted molar refractivity (Wildman–Crippen MR) is 109 cm³/mol. The summed E-state index contributed by atoms with van der Waals surface area (Å²) in [6.07, 6.45) is 10.0. The second kappa shape index (κ2) is 11.4. The summed E-state index contributed by atoms with van der Waals surface area (Å²) in [5.41, 5.74) is 8.57. The summed E-state index contributed by atoms with van der Waals surface area (Å²) in [4.78, 5) is 0. The Balaban J connectivity index is 0.000000701. The number of unbranched alkanes of at least 4 members (excludes halogenated alkanes) is 3. The number of rotatable bonds is 6. The average molecular weight is 453 g/mol. The monoisotopic (exact) mass is 450 g/mol. The van der Waals surface area contributed by atoms with E-state index < -0.39 is 20.8 Å². The van der Waals surface area contributed by atoms with Crippen LogP contribution in [0.1, 0.15) is 56.2 Å². The van der Waals surface area contributed by atoms with E-state index in [2.05, 4.69) is 62.4 Å². The second-order valence-corrected chi connectivity index (χ2v) is 10.4. The number of allylic oxidation sites excluding steroid dienone is 1. The molecule has 0 atom stereocenters. The Labute approximate surface area is 171 Å². The van der Waals surface area contributed by atoms with Crippen LogP contribution in [0.3, 0.4) is 0 Å². The van der Waals surface area contributed by atoms with Gasteiger partial charge in [-0.05, 0) is 54.0 Å². The fraction of sp³-hybridized carbons (Fsp3) is 0.364. The van der Waals surface area contributed by atoms with Gasteiger partial charge in [-0.2, -0.15) is 0 Å². The standard InChI is InChI=1S/C22H26.2ClH.Zr/c1-3-4-5-6-8-18-11-13-19(14-12-18)21-10-7-9-20-15-17(2)16-22(20)21;;;/h7,9-14,16H,3-6,8,15H2,1-2H3;2*1H;/q;;;+2/p-2. The topological polar surface area (TPSA) is 0 Å². The molecule has 0 amide bonds. The summed E-state index contributed by atoms with van der Waals surface area (Å²) in [5, 5.41) is 0. The maximum absolute atomic E-state index is 4.93. The summed E-state index contributed by atoms with van der Waals surface area (Å²) < 4.78 is 0. The number of hydrogen-bond acceptors (Lipinski definition) is 0. The summed E-state index contributed by atoms with van der Waals surface area (Å²) in [7, 11) is 9.87. The molecule has 0 heterocycles. The minimum atomic E-state index is -0.826. The average Bonchev–Trinajstić information content (AvgIpc) is 3.00. The van der Waals surface area contributed by atoms with Crippen LogP contribution < -0.4 is 0 Å². The van der Waals surface area contributed by atoms with Crippen molar-refractivity contribution in [2.24, 2.45) is 0 Å². The normalized spacial score (nSPS) is 12.1. The van der Waals surface area contributed by atoms with Crippen LogP contribution in [0.15, 0.2) is 48.0 Å². The van der Waals surface area contributed by atoms with Crippen molar-refractivity contribution in [1.29, 1.82) is 0 Å². The molecule has 0 aliphatic heterocycles. The molecular weight excluding hydrogens is 426 g/mol. The molecule has 0 radical (unpaired) electrons. The van der Waals surface area contributed by atoms with E-state index in [1.165, 1.54) is 65.5 Å². The molecule has 3 rings (SSSR count). The summed E-state index contributed by atoms with van der Waals surface area (Å²) >= 11 is -0.826. The van der Waals surface area contributed by atoms with Crippen molar-refractivity contribution in [3.8, 4) is 11.1 Å². The molecule has 0 spiro atoms. The third kappa shape index (κ3) is 6.39. The predicted octanol–water partition coefficient (Wildman–Crippen LogP) is 7.81. The van der Waals surface area contributed by atoms with Crippen molar-refractivity contribution in [2.45, 2.75) is 52.4 Å². The van der Waals surface area contributed by atoms with E-state index in [9.17, 15) is 0 Å². The molecular formula is C22H26Cl2Zr. The van der Waals surface area contributed by atoms with Gasteiger partial charge in [0.25, 0.3) is 0 Å². The molecule has 0 saturated heterocycles. The van der Waals surface area contributed by atoms with E-state index in [0.717, 1.165) is 6.42 Å². The number of benzene rings is 2. The van der Waals surface area contributed by atoms with Gasteiger partial charge in [0.2, 0.25) is 0 Å². The third-order valence-electron chi connectivity index (χ3n) is 4.64. The van der Waals surface area contributed by atoms with Gasteiger partial charge >= 0.3 is 37.9 Å². The zero-order valence-corrected chi connectivity index (χ0v) is 19.1. The molecule has 0 bridgehead atoms. The first-order valence-electron chi connectivity index (χ1n) is 9.04. The van der Waals surface area contributed by atoms with Gasteiger partial charge in [0, 0.05) is 0 Å². The maximum atomic E-state index is 4.93. The Hall–Kier alpha value is -0.357. The van der Waals surface area contributed by atoms with Crippen molar-refractivity contribution < 1.29 is 20.8 Å². The molecule has 0 N–H and O–H groups in total. The van der Waals surface area contributed by atoms with Crippen molar-refractivity contribution in [3.63, 3.8) is 0 Å². The number of fused-ring (bicyclic) bond motifs is 1. The van der Waals surface area contributed by atoms with Gasteiger partial charge in [0.15, 0.2) is 0 Å². The number of hydrogen-bond donors (Lipinski definition) is 0. The van der Waals surface area contributed by atoms with Gasteiger partial charge in [-0.25, -0.2) is 0 Å². The molecule has 2 aromatic carbocycles. The molecule has 25 heavy (non-hydrogen) atoms. The van der Waals surface area contributed by atoms with Crippen LogP contribution in [0.2, 0.25) is 0 Å². The molecule has 0 saturated carbocycles. The number of aryl methyl sites for hydroxylation is 1. The Morgan fingerprint density at radius 2 is 1.68 bits per heavy atom. The second-order valence-electron chi connectivity index (χ2n) is 6.62. The van der Waals surface area contributed by atoms with E-state index in [4.69, 9.17) is 17.0 Å². The van der Waals surface area contributed by atoms with Crippen molar-refractivity contribution in [3.05, 3.63) is 64.7 Å². The van der Waals surface area contributed by atoms with E-state index in [1.807, 2.05) is 0 Å². The van der Waals surface area contributed by atoms with Gasteiger partial charge in [-0.15, -0.1) is 0 Å². The van der Waals surface area contributed by atoms with Crippen molar-refractivity contribution in [1.82, 2.24) is 0 Å². The van der Waals surface area contributed by atoms with Gasteiger partial charge in [-0.3, -0.25) is 0 Å². The van der Waals surface area contributed by atoms with Gasteiger partial charge in [0.1, 0.15) is 0 Å². The van der Waals surface area contributed by atoms with Crippen LogP contribution >= 0.6 is 17.0 Å². The quantitative estimate of drug-likeness (QED) is 0.392. The van der Waals surface area contributed by atoms with E-state index in [0.29, 0.717) is 0 Å². The Morgan fingerprint density at radius 1 is 0.960 bits per heavy atom. The molecule has 1 aliphatic rings. The minimum absolute atomic E-state index is 0.826. The van der Waals surface area contributed by atoms with E-state index >= 15 is 0 Å². The van der Waals surface area contributed by atoms with Crippen LogP contribution in [0.5, 0.6) is 0 Å². The van der Waals surface area contributed by atoms with Gasteiger partial charge < -0.3 is 0 Å². The van der Waals surface area contributed by atoms with Gasteiger partial charge in [-0.1, -0.05) is 80.3 Å². The fourth-order valence-electron chi connectivity index (χ4n) is 3.39. The molecule has 1 aliphatic carbocycles. The van der Waals surface area contributed by atoms with Crippen LogP contribution in [-0.4, -0.2) is 0 Å². The summed E-state index contributed by atoms with van der Waals surface area (Å²) in [6.45, 7) is 4.49. The molecule has 3 heteroatoms. The first kappa shape index (κ1) is 20.9. The first-order chi connectivity index (χ1) is 12.2. The number of halogens is 2. The van der Waals surface area contributed by atoms with Crippen LogP contribution in [-0.2, 0) is 33.7 Å². The molecule has 0 nitrogen and oxygen atoms in total. The Kier molecular flexibility index (Phi) is 9.53. The van der Waals surface area contributed by atoms with Gasteiger partial charge in [0.05, 0.1) is 0 Å². The SMILES string of the molecule is CCCCCCc1ccc(-c2cccc3c2C=C(C)C3)cc1.[Cl][Zr][Cl]. The molecule has 0 aromatic heterocycles.